The number of ether oxygens (including phenoxy) is 1. The second kappa shape index (κ2) is 5.96. The number of hydrogen-bond acceptors (Lipinski definition) is 5. The highest BCUT2D eigenvalue weighted by atomic mass is 32.2. The predicted molar refractivity (Wildman–Crippen MR) is 91.9 cm³/mol. The van der Waals surface area contributed by atoms with Gasteiger partial charge >= 0.3 is 5.76 Å². The summed E-state index contributed by atoms with van der Waals surface area (Å²) in [5.41, 5.74) is 0.677. The number of piperidine rings is 1. The SMILES string of the molecule is CO[C@@H]1CCC[C@]12CCCN(S(=O)(=O)c1ccc3oc(=O)[nH]c3c1)C2. The zero-order valence-corrected chi connectivity index (χ0v) is 15.0. The number of nitrogens with zero attached hydrogens (tertiary/aromatic N) is 1. The van der Waals surface area contributed by atoms with Crippen molar-refractivity contribution in [3.8, 4) is 0 Å². The number of oxazole rings is 1. The van der Waals surface area contributed by atoms with E-state index in [-0.39, 0.29) is 16.4 Å². The number of benzene rings is 1. The molecule has 2 atom stereocenters. The first kappa shape index (κ1) is 16.8. The van der Waals surface area contributed by atoms with E-state index in [1.807, 2.05) is 0 Å². The van der Waals surface area contributed by atoms with Gasteiger partial charge in [-0.15, -0.1) is 0 Å². The number of hydrogen-bond donors (Lipinski definition) is 1. The number of fused-ring (bicyclic) bond motifs is 1. The average Bonchev–Trinajstić information content (AvgIpc) is 3.16. The molecule has 1 aliphatic carbocycles. The van der Waals surface area contributed by atoms with Gasteiger partial charge in [-0.3, -0.25) is 4.98 Å². The molecule has 1 aromatic heterocycles. The third kappa shape index (κ3) is 2.72. The molecule has 1 aromatic carbocycles. The molecule has 8 heteroatoms. The molecule has 0 radical (unpaired) electrons. The van der Waals surface area contributed by atoms with Gasteiger partial charge in [-0.05, 0) is 43.9 Å². The monoisotopic (exact) mass is 366 g/mol. The van der Waals surface area contributed by atoms with Gasteiger partial charge < -0.3 is 9.15 Å². The minimum atomic E-state index is -3.63. The van der Waals surface area contributed by atoms with E-state index in [4.69, 9.17) is 9.15 Å². The summed E-state index contributed by atoms with van der Waals surface area (Å²) in [6.07, 6.45) is 5.04. The minimum Gasteiger partial charge on any atom is -0.408 e. The van der Waals surface area contributed by atoms with Crippen LogP contribution in [-0.4, -0.2) is 44.0 Å². The van der Waals surface area contributed by atoms with Crippen molar-refractivity contribution < 1.29 is 17.6 Å². The standard InChI is InChI=1S/C17H22N2O5S/c1-23-15-4-2-7-17(15)8-3-9-19(11-17)25(21,22)12-5-6-14-13(10-12)18-16(20)24-14/h5-6,10,15H,2-4,7-9,11H2,1H3,(H,18,20)/t15-,17-/m1/s1. The Hall–Kier alpha value is -1.64. The van der Waals surface area contributed by atoms with Gasteiger partial charge in [-0.25, -0.2) is 13.2 Å². The summed E-state index contributed by atoms with van der Waals surface area (Å²) in [6, 6.07) is 4.49. The lowest BCUT2D eigenvalue weighted by Gasteiger charge is -2.43. The Kier molecular flexibility index (Phi) is 4.01. The maximum absolute atomic E-state index is 13.1. The molecule has 0 bridgehead atoms. The molecule has 136 valence electrons. The molecule has 25 heavy (non-hydrogen) atoms. The van der Waals surface area contributed by atoms with Gasteiger partial charge in [0.2, 0.25) is 10.0 Å². The van der Waals surface area contributed by atoms with Crippen LogP contribution < -0.4 is 5.76 Å². The number of rotatable bonds is 3. The molecule has 2 aliphatic rings. The fraction of sp³-hybridized carbons (Fsp3) is 0.588. The number of H-pyrrole nitrogens is 1. The largest absolute Gasteiger partial charge is 0.417 e. The molecule has 0 amide bonds. The van der Waals surface area contributed by atoms with Crippen LogP contribution in [0.3, 0.4) is 0 Å². The molecule has 1 N–H and O–H groups in total. The van der Waals surface area contributed by atoms with Crippen molar-refractivity contribution in [3.63, 3.8) is 0 Å². The molecule has 1 aliphatic heterocycles. The summed E-state index contributed by atoms with van der Waals surface area (Å²) in [4.78, 5) is 14.0. The van der Waals surface area contributed by atoms with Crippen LogP contribution in [0.5, 0.6) is 0 Å². The highest BCUT2D eigenvalue weighted by Gasteiger charge is 2.48. The van der Waals surface area contributed by atoms with E-state index in [0.717, 1.165) is 32.1 Å². The summed E-state index contributed by atoms with van der Waals surface area (Å²) < 4.78 is 38.5. The summed E-state index contributed by atoms with van der Waals surface area (Å²) >= 11 is 0. The van der Waals surface area contributed by atoms with Crippen LogP contribution in [0.1, 0.15) is 32.1 Å². The van der Waals surface area contributed by atoms with E-state index in [2.05, 4.69) is 4.98 Å². The topological polar surface area (TPSA) is 92.6 Å². The molecule has 1 saturated carbocycles. The highest BCUT2D eigenvalue weighted by Crippen LogP contribution is 2.47. The number of aromatic amines is 1. The third-order valence-corrected chi connectivity index (χ3v) is 7.55. The molecule has 2 aromatic rings. The van der Waals surface area contributed by atoms with Crippen molar-refractivity contribution >= 4 is 21.1 Å². The third-order valence-electron chi connectivity index (χ3n) is 5.71. The van der Waals surface area contributed by atoms with E-state index in [1.54, 1.807) is 11.4 Å². The molecule has 2 fully saturated rings. The van der Waals surface area contributed by atoms with E-state index in [0.29, 0.717) is 24.2 Å². The minimum absolute atomic E-state index is 0.0753. The lowest BCUT2D eigenvalue weighted by molar-refractivity contribution is -0.0184. The van der Waals surface area contributed by atoms with Gasteiger partial charge in [0.1, 0.15) is 0 Å². The molecule has 2 heterocycles. The number of methoxy groups -OCH3 is 1. The Morgan fingerprint density at radius 2 is 2.12 bits per heavy atom. The van der Waals surface area contributed by atoms with Gasteiger partial charge in [0.15, 0.2) is 5.58 Å². The second-order valence-electron chi connectivity index (χ2n) is 7.09. The van der Waals surface area contributed by atoms with E-state index < -0.39 is 15.8 Å². The van der Waals surface area contributed by atoms with Crippen LogP contribution in [0, 0.1) is 5.41 Å². The van der Waals surface area contributed by atoms with E-state index >= 15 is 0 Å². The summed E-state index contributed by atoms with van der Waals surface area (Å²) in [7, 11) is -1.91. The van der Waals surface area contributed by atoms with Crippen LogP contribution in [0.15, 0.2) is 32.3 Å². The molecular weight excluding hydrogens is 344 g/mol. The molecular formula is C17H22N2O5S. The zero-order chi connectivity index (χ0) is 17.7. The van der Waals surface area contributed by atoms with Crippen LogP contribution in [0.2, 0.25) is 0 Å². The maximum atomic E-state index is 13.1. The quantitative estimate of drug-likeness (QED) is 0.898. The smallest absolute Gasteiger partial charge is 0.408 e. The lowest BCUT2D eigenvalue weighted by Crippen LogP contribution is -2.49. The molecule has 1 saturated heterocycles. The van der Waals surface area contributed by atoms with Crippen LogP contribution >= 0.6 is 0 Å². The summed E-state index contributed by atoms with van der Waals surface area (Å²) in [5, 5.41) is 0. The normalized spacial score (nSPS) is 28.1. The Morgan fingerprint density at radius 1 is 1.32 bits per heavy atom. The van der Waals surface area contributed by atoms with Crippen molar-refractivity contribution in [1.29, 1.82) is 0 Å². The lowest BCUT2D eigenvalue weighted by atomic mass is 9.77. The highest BCUT2D eigenvalue weighted by molar-refractivity contribution is 7.89. The predicted octanol–water partition coefficient (Wildman–Crippen LogP) is 2.09. The van der Waals surface area contributed by atoms with Crippen molar-refractivity contribution in [3.05, 3.63) is 28.7 Å². The summed E-state index contributed by atoms with van der Waals surface area (Å²) in [5.74, 6) is -0.588. The number of sulfonamides is 1. The fourth-order valence-corrected chi connectivity index (χ4v) is 6.11. The first-order valence-electron chi connectivity index (χ1n) is 8.60. The van der Waals surface area contributed by atoms with Gasteiger partial charge in [-0.1, -0.05) is 6.42 Å². The fourth-order valence-electron chi connectivity index (χ4n) is 4.50. The second-order valence-corrected chi connectivity index (χ2v) is 9.03. The van der Waals surface area contributed by atoms with Crippen molar-refractivity contribution in [2.75, 3.05) is 20.2 Å². The molecule has 4 rings (SSSR count). The molecule has 7 nitrogen and oxygen atoms in total. The first-order valence-corrected chi connectivity index (χ1v) is 10.0. The van der Waals surface area contributed by atoms with Crippen LogP contribution in [0.25, 0.3) is 11.1 Å². The summed E-state index contributed by atoms with van der Waals surface area (Å²) in [6.45, 7) is 1.01. The van der Waals surface area contributed by atoms with Gasteiger partial charge in [0, 0.05) is 25.6 Å². The van der Waals surface area contributed by atoms with Crippen molar-refractivity contribution in [2.24, 2.45) is 5.41 Å². The van der Waals surface area contributed by atoms with Crippen LogP contribution in [-0.2, 0) is 14.8 Å². The van der Waals surface area contributed by atoms with Gasteiger partial charge in [-0.2, -0.15) is 4.31 Å². The molecule has 1 spiro atoms. The first-order chi connectivity index (χ1) is 11.9. The average molecular weight is 366 g/mol. The number of aromatic nitrogens is 1. The van der Waals surface area contributed by atoms with Crippen molar-refractivity contribution in [2.45, 2.75) is 43.1 Å². The molecule has 0 unspecified atom stereocenters. The van der Waals surface area contributed by atoms with E-state index in [1.165, 1.54) is 18.2 Å². The van der Waals surface area contributed by atoms with Crippen molar-refractivity contribution in [1.82, 2.24) is 9.29 Å². The number of nitrogens with one attached hydrogen (secondary N) is 1. The Balaban J connectivity index is 1.67. The Bertz CT molecular complexity index is 947. The maximum Gasteiger partial charge on any atom is 0.417 e. The van der Waals surface area contributed by atoms with E-state index in [9.17, 15) is 13.2 Å². The van der Waals surface area contributed by atoms with Gasteiger partial charge in [0.05, 0.1) is 16.5 Å². The van der Waals surface area contributed by atoms with Crippen LogP contribution in [0.4, 0.5) is 0 Å². The van der Waals surface area contributed by atoms with Gasteiger partial charge in [0.25, 0.3) is 0 Å². The Labute approximate surface area is 146 Å². The zero-order valence-electron chi connectivity index (χ0n) is 14.2. The Morgan fingerprint density at radius 3 is 2.92 bits per heavy atom.